The van der Waals surface area contributed by atoms with Crippen molar-refractivity contribution in [2.75, 3.05) is 13.2 Å². The van der Waals surface area contributed by atoms with Crippen LogP contribution >= 0.6 is 0 Å². The molecular formula is C11H19K3O8S. The molecule has 0 bridgehead atoms. The van der Waals surface area contributed by atoms with Crippen molar-refractivity contribution in [1.82, 2.24) is 0 Å². The normalized spacial score (nSPS) is 10.6. The Balaban J connectivity index is -0.0000000880. The Labute approximate surface area is 265 Å². The molecule has 0 radical (unpaired) electrons. The minimum Gasteiger partial charge on any atom is -0.550 e. The predicted molar refractivity (Wildman–Crippen MR) is 65.7 cm³/mol. The Hall–Kier alpha value is 3.72. The van der Waals surface area contributed by atoms with Gasteiger partial charge in [0, 0.05) is 25.6 Å². The molecule has 0 spiro atoms. The van der Waals surface area contributed by atoms with Crippen molar-refractivity contribution in [3.05, 3.63) is 6.92 Å². The summed E-state index contributed by atoms with van der Waals surface area (Å²) >= 11 is 0. The number of carboxylic acid groups (broad SMARTS) is 2. The molecule has 0 aliphatic carbocycles. The van der Waals surface area contributed by atoms with Crippen molar-refractivity contribution < 1.29 is 192 Å². The topological polar surface area (TPSA) is 144 Å². The second kappa shape index (κ2) is 23.8. The quantitative estimate of drug-likeness (QED) is 0.165. The van der Waals surface area contributed by atoms with Crippen LogP contribution in [0.2, 0.25) is 0 Å². The summed E-state index contributed by atoms with van der Waals surface area (Å²) in [4.78, 5) is 19.7. The van der Waals surface area contributed by atoms with Crippen molar-refractivity contribution in [2.45, 2.75) is 37.9 Å². The number of ether oxygens (including phenoxy) is 1. The average molecular weight is 429 g/mol. The Morgan fingerprint density at radius 1 is 1.17 bits per heavy atom. The number of carboxylic acids is 2. The molecule has 0 heterocycles. The zero-order valence-corrected chi connectivity index (χ0v) is 24.4. The van der Waals surface area contributed by atoms with Gasteiger partial charge in [-0.05, 0) is 6.42 Å². The van der Waals surface area contributed by atoms with E-state index in [9.17, 15) is 28.2 Å². The maximum absolute atomic E-state index is 10.2. The summed E-state index contributed by atoms with van der Waals surface area (Å²) in [6.07, 6.45) is 1.96. The molecule has 0 aromatic carbocycles. The van der Waals surface area contributed by atoms with E-state index in [1.165, 1.54) is 12.8 Å². The summed E-state index contributed by atoms with van der Waals surface area (Å²) in [7, 11) is -4.94. The summed E-state index contributed by atoms with van der Waals surface area (Å²) in [5.41, 5.74) is 0. The van der Waals surface area contributed by atoms with Gasteiger partial charge in [0.05, 0.1) is 5.97 Å². The maximum atomic E-state index is 10.2. The fourth-order valence-electron chi connectivity index (χ4n) is 0.912. The fraction of sp³-hybridized carbons (Fsp3) is 0.727. The van der Waals surface area contributed by atoms with Crippen LogP contribution in [-0.2, 0) is 24.4 Å². The molecule has 12 heteroatoms. The first-order valence-corrected chi connectivity index (χ1v) is 7.41. The van der Waals surface area contributed by atoms with Gasteiger partial charge in [0.1, 0.15) is 5.25 Å². The first-order valence-electron chi connectivity index (χ1n) is 5.90. The van der Waals surface area contributed by atoms with Crippen molar-refractivity contribution in [3.63, 3.8) is 0 Å². The van der Waals surface area contributed by atoms with Gasteiger partial charge in [-0.2, -0.15) is 14.8 Å². The molecule has 0 aromatic rings. The summed E-state index contributed by atoms with van der Waals surface area (Å²) in [6.45, 7) is 7.55. The van der Waals surface area contributed by atoms with Gasteiger partial charge in [0.15, 0.2) is 0 Å². The van der Waals surface area contributed by atoms with Crippen molar-refractivity contribution in [1.29, 1.82) is 0 Å². The summed E-state index contributed by atoms with van der Waals surface area (Å²) in [5.74, 6) is -4.08. The molecule has 8 nitrogen and oxygen atoms in total. The Morgan fingerprint density at radius 3 is 1.87 bits per heavy atom. The van der Waals surface area contributed by atoms with Gasteiger partial charge in [0.25, 0.3) is 10.1 Å². The van der Waals surface area contributed by atoms with Crippen molar-refractivity contribution in [3.8, 4) is 0 Å². The van der Waals surface area contributed by atoms with Crippen LogP contribution in [0.4, 0.5) is 0 Å². The van der Waals surface area contributed by atoms with Gasteiger partial charge < -0.3 is 31.5 Å². The van der Waals surface area contributed by atoms with Crippen molar-refractivity contribution >= 4 is 22.1 Å². The van der Waals surface area contributed by atoms with E-state index in [2.05, 4.69) is 13.8 Å². The largest absolute Gasteiger partial charge is 1.00 e. The molecule has 1 atom stereocenters. The van der Waals surface area contributed by atoms with Crippen LogP contribution in [0.25, 0.3) is 0 Å². The third kappa shape index (κ3) is 28.0. The third-order valence-corrected chi connectivity index (χ3v) is 2.98. The monoisotopic (exact) mass is 428 g/mol. The SMILES string of the molecule is O=C([O-])CC(C(=O)[O-])S(=O)(=O)O.[CH2-]CCOCCCC.[K+].[K+].[K+]. The smallest absolute Gasteiger partial charge is 0.550 e. The van der Waals surface area contributed by atoms with E-state index in [1.807, 2.05) is 0 Å². The van der Waals surface area contributed by atoms with Crippen molar-refractivity contribution in [2.24, 2.45) is 0 Å². The molecular weight excluding hydrogens is 409 g/mol. The zero-order valence-electron chi connectivity index (χ0n) is 14.2. The Kier molecular flexibility index (Phi) is 38.7. The van der Waals surface area contributed by atoms with Crippen LogP contribution in [0.15, 0.2) is 0 Å². The molecule has 0 aliphatic heterocycles. The van der Waals surface area contributed by atoms with E-state index in [1.54, 1.807) is 0 Å². The molecule has 0 fully saturated rings. The molecule has 0 rings (SSSR count). The number of carbonyl (C=O) groups is 2. The molecule has 0 saturated carbocycles. The summed E-state index contributed by atoms with van der Waals surface area (Å²) in [5, 5.41) is 17.3. The Bertz CT molecular complexity index is 383. The first-order chi connectivity index (χ1) is 9.16. The molecule has 0 saturated heterocycles. The zero-order chi connectivity index (χ0) is 16.2. The van der Waals surface area contributed by atoms with Crippen LogP contribution in [0.1, 0.15) is 32.6 Å². The fourth-order valence-corrected chi connectivity index (χ4v) is 1.50. The second-order valence-electron chi connectivity index (χ2n) is 3.72. The van der Waals surface area contributed by atoms with Gasteiger partial charge in [0.2, 0.25) is 0 Å². The van der Waals surface area contributed by atoms with E-state index in [-0.39, 0.29) is 154 Å². The van der Waals surface area contributed by atoms with Gasteiger partial charge in [-0.1, -0.05) is 13.3 Å². The molecule has 1 N–H and O–H groups in total. The average Bonchev–Trinajstić information content (AvgIpc) is 2.31. The number of hydrogen-bond donors (Lipinski definition) is 1. The van der Waals surface area contributed by atoms with Crippen LogP contribution < -0.4 is 164 Å². The first kappa shape index (κ1) is 37.5. The van der Waals surface area contributed by atoms with Crippen LogP contribution in [0, 0.1) is 6.92 Å². The number of carbonyl (C=O) groups excluding carboxylic acids is 2. The van der Waals surface area contributed by atoms with E-state index in [4.69, 9.17) is 9.29 Å². The van der Waals surface area contributed by atoms with Gasteiger partial charge in [-0.15, -0.1) is 0 Å². The number of hydrogen-bond acceptors (Lipinski definition) is 7. The van der Waals surface area contributed by atoms with E-state index >= 15 is 0 Å². The minimum atomic E-state index is -4.94. The van der Waals surface area contributed by atoms with Gasteiger partial charge >= 0.3 is 154 Å². The van der Waals surface area contributed by atoms with Crippen LogP contribution in [0.3, 0.4) is 0 Å². The standard InChI is InChI=1S/C7H15O.C4H6O7S.3K/c1-3-5-7-8-6-4-2;5-3(6)1-2(4(7)8)12(9,10)11;;;/h2-7H2,1H3;2H,1H2,(H,5,6)(H,7,8)(H,9,10,11);;;/q-1;;3*+1/p-2. The maximum Gasteiger partial charge on any atom is 1.00 e. The number of unbranched alkanes of at least 4 members (excludes halogenated alkanes) is 1. The molecule has 1 unspecified atom stereocenters. The van der Waals surface area contributed by atoms with Gasteiger partial charge in [-0.25, -0.2) is 0 Å². The predicted octanol–water partition coefficient (Wildman–Crippen LogP) is -10.8. The van der Waals surface area contributed by atoms with E-state index in [0.29, 0.717) is 0 Å². The molecule has 0 amide bonds. The van der Waals surface area contributed by atoms with Gasteiger partial charge in [-0.3, -0.25) is 4.55 Å². The van der Waals surface area contributed by atoms with E-state index < -0.39 is 33.7 Å². The third-order valence-electron chi connectivity index (χ3n) is 1.91. The van der Waals surface area contributed by atoms with E-state index in [0.717, 1.165) is 19.6 Å². The Morgan fingerprint density at radius 2 is 1.65 bits per heavy atom. The van der Waals surface area contributed by atoms with Crippen LogP contribution in [-0.4, -0.2) is 43.4 Å². The summed E-state index contributed by atoms with van der Waals surface area (Å²) in [6, 6.07) is 0. The summed E-state index contributed by atoms with van der Waals surface area (Å²) < 4.78 is 33.6. The van der Waals surface area contributed by atoms with Crippen LogP contribution in [0.5, 0.6) is 0 Å². The number of aliphatic carboxylic acids is 2. The molecule has 23 heavy (non-hydrogen) atoms. The molecule has 0 aromatic heterocycles. The molecule has 120 valence electrons. The molecule has 0 aliphatic rings. The number of rotatable bonds is 9. The minimum absolute atomic E-state index is 0. The second-order valence-corrected chi connectivity index (χ2v) is 5.32.